The summed E-state index contributed by atoms with van der Waals surface area (Å²) in [6.45, 7) is 4.60. The van der Waals surface area contributed by atoms with Gasteiger partial charge in [-0.05, 0) is 50.6 Å². The van der Waals surface area contributed by atoms with E-state index >= 15 is 0 Å². The van der Waals surface area contributed by atoms with Crippen molar-refractivity contribution in [1.29, 1.82) is 0 Å². The van der Waals surface area contributed by atoms with Crippen molar-refractivity contribution in [1.82, 2.24) is 4.57 Å². The lowest BCUT2D eigenvalue weighted by atomic mass is 10.2. The summed E-state index contributed by atoms with van der Waals surface area (Å²) in [4.78, 5) is 0. The van der Waals surface area contributed by atoms with Gasteiger partial charge in [-0.25, -0.2) is 4.39 Å². The second-order valence-electron chi connectivity index (χ2n) is 4.22. The minimum absolute atomic E-state index is 0.200. The maximum absolute atomic E-state index is 13.8. The lowest BCUT2D eigenvalue weighted by Gasteiger charge is -2.10. The predicted octanol–water partition coefficient (Wildman–Crippen LogP) is 2.73. The minimum atomic E-state index is -0.200. The highest BCUT2D eigenvalue weighted by Gasteiger charge is 2.12. The zero-order valence-electron chi connectivity index (χ0n) is 10.2. The number of rotatable bonds is 3. The van der Waals surface area contributed by atoms with Gasteiger partial charge in [-0.2, -0.15) is 0 Å². The molecule has 1 aromatic heterocycles. The molecule has 0 amide bonds. The highest BCUT2D eigenvalue weighted by atomic mass is 19.1. The van der Waals surface area contributed by atoms with Gasteiger partial charge in [0.05, 0.1) is 5.69 Å². The van der Waals surface area contributed by atoms with Crippen LogP contribution in [0.15, 0.2) is 30.3 Å². The molecule has 0 radical (unpaired) electrons. The Morgan fingerprint density at radius 3 is 2.59 bits per heavy atom. The Hall–Kier alpha value is -1.61. The summed E-state index contributed by atoms with van der Waals surface area (Å²) in [6, 6.07) is 8.90. The molecule has 0 aliphatic carbocycles. The van der Waals surface area contributed by atoms with Crippen molar-refractivity contribution in [3.8, 4) is 5.69 Å². The van der Waals surface area contributed by atoms with E-state index < -0.39 is 0 Å². The van der Waals surface area contributed by atoms with Crippen molar-refractivity contribution in [3.63, 3.8) is 0 Å². The fourth-order valence-corrected chi connectivity index (χ4v) is 2.24. The van der Waals surface area contributed by atoms with Crippen molar-refractivity contribution in [3.05, 3.63) is 53.1 Å². The van der Waals surface area contributed by atoms with Crippen molar-refractivity contribution in [2.75, 3.05) is 6.54 Å². The van der Waals surface area contributed by atoms with Gasteiger partial charge >= 0.3 is 0 Å². The van der Waals surface area contributed by atoms with Gasteiger partial charge in [0.15, 0.2) is 0 Å². The fraction of sp³-hybridized carbons (Fsp3) is 0.286. The van der Waals surface area contributed by atoms with E-state index in [0.29, 0.717) is 12.2 Å². The van der Waals surface area contributed by atoms with E-state index in [-0.39, 0.29) is 5.82 Å². The summed E-state index contributed by atoms with van der Waals surface area (Å²) in [5, 5.41) is 0. The van der Waals surface area contributed by atoms with Crippen LogP contribution in [0, 0.1) is 19.7 Å². The third-order valence-electron chi connectivity index (χ3n) is 3.04. The molecule has 3 heteroatoms. The summed E-state index contributed by atoms with van der Waals surface area (Å²) < 4.78 is 15.7. The summed E-state index contributed by atoms with van der Waals surface area (Å²) >= 11 is 0. The van der Waals surface area contributed by atoms with Gasteiger partial charge in [0.25, 0.3) is 0 Å². The van der Waals surface area contributed by atoms with Crippen LogP contribution < -0.4 is 5.73 Å². The number of halogens is 1. The maximum Gasteiger partial charge on any atom is 0.147 e. The largest absolute Gasteiger partial charge is 0.330 e. The van der Waals surface area contributed by atoms with Crippen LogP contribution in [0.25, 0.3) is 5.69 Å². The van der Waals surface area contributed by atoms with Crippen molar-refractivity contribution in [2.45, 2.75) is 20.3 Å². The van der Waals surface area contributed by atoms with Crippen LogP contribution in [0.3, 0.4) is 0 Å². The Balaban J connectivity index is 2.56. The Morgan fingerprint density at radius 2 is 1.94 bits per heavy atom. The highest BCUT2D eigenvalue weighted by Crippen LogP contribution is 2.22. The molecule has 90 valence electrons. The summed E-state index contributed by atoms with van der Waals surface area (Å²) in [5.74, 6) is -0.200. The van der Waals surface area contributed by atoms with Crippen LogP contribution in [-0.2, 0) is 6.42 Å². The zero-order valence-corrected chi connectivity index (χ0v) is 10.2. The number of hydrogen-bond donors (Lipinski definition) is 1. The monoisotopic (exact) mass is 232 g/mol. The molecule has 2 rings (SSSR count). The van der Waals surface area contributed by atoms with E-state index in [2.05, 4.69) is 6.07 Å². The molecule has 0 fully saturated rings. The van der Waals surface area contributed by atoms with E-state index in [1.165, 1.54) is 11.6 Å². The molecule has 0 atom stereocenters. The molecule has 1 aromatic carbocycles. The molecule has 0 aliphatic heterocycles. The van der Waals surface area contributed by atoms with E-state index in [9.17, 15) is 4.39 Å². The SMILES string of the molecule is Cc1cc(CCN)c(C)n1-c1ccccc1F. The first-order chi connectivity index (χ1) is 8.15. The van der Waals surface area contributed by atoms with Crippen LogP contribution >= 0.6 is 0 Å². The van der Waals surface area contributed by atoms with Gasteiger partial charge in [-0.3, -0.25) is 0 Å². The summed E-state index contributed by atoms with van der Waals surface area (Å²) in [6.07, 6.45) is 0.828. The quantitative estimate of drug-likeness (QED) is 0.866. The summed E-state index contributed by atoms with van der Waals surface area (Å²) in [7, 11) is 0. The molecule has 2 N–H and O–H groups in total. The molecule has 1 heterocycles. The Kier molecular flexibility index (Phi) is 3.29. The topological polar surface area (TPSA) is 30.9 Å². The van der Waals surface area contributed by atoms with E-state index in [0.717, 1.165) is 17.8 Å². The van der Waals surface area contributed by atoms with Gasteiger partial charge in [0, 0.05) is 11.4 Å². The predicted molar refractivity (Wildman–Crippen MR) is 68.0 cm³/mol. The second-order valence-corrected chi connectivity index (χ2v) is 4.22. The smallest absolute Gasteiger partial charge is 0.147 e. The molecule has 0 unspecified atom stereocenters. The zero-order chi connectivity index (χ0) is 12.4. The summed E-state index contributed by atoms with van der Waals surface area (Å²) in [5.41, 5.74) is 9.47. The maximum atomic E-state index is 13.8. The standard InChI is InChI=1S/C14H17FN2/c1-10-9-12(7-8-16)11(2)17(10)14-6-4-3-5-13(14)15/h3-6,9H,7-8,16H2,1-2H3. The average molecular weight is 232 g/mol. The molecule has 0 saturated heterocycles. The number of aryl methyl sites for hydroxylation is 1. The number of hydrogen-bond acceptors (Lipinski definition) is 1. The van der Waals surface area contributed by atoms with Crippen LogP contribution in [0.2, 0.25) is 0 Å². The molecule has 2 nitrogen and oxygen atoms in total. The normalized spacial score (nSPS) is 10.8. The van der Waals surface area contributed by atoms with E-state index in [1.807, 2.05) is 24.5 Å². The Labute approximate surface area is 101 Å². The number of nitrogens with two attached hydrogens (primary N) is 1. The average Bonchev–Trinajstić information content (AvgIpc) is 2.57. The molecule has 0 aliphatic rings. The third kappa shape index (κ3) is 2.11. The van der Waals surface area contributed by atoms with E-state index in [1.54, 1.807) is 12.1 Å². The van der Waals surface area contributed by atoms with Crippen molar-refractivity contribution < 1.29 is 4.39 Å². The highest BCUT2D eigenvalue weighted by molar-refractivity contribution is 5.42. The number of benzene rings is 1. The second kappa shape index (κ2) is 4.72. The molecule has 0 spiro atoms. The molecular weight excluding hydrogens is 215 g/mol. The van der Waals surface area contributed by atoms with Crippen LogP contribution in [0.5, 0.6) is 0 Å². The van der Waals surface area contributed by atoms with Crippen LogP contribution in [-0.4, -0.2) is 11.1 Å². The number of para-hydroxylation sites is 1. The van der Waals surface area contributed by atoms with Gasteiger partial charge in [0.2, 0.25) is 0 Å². The molecule has 0 saturated carbocycles. The van der Waals surface area contributed by atoms with Crippen LogP contribution in [0.4, 0.5) is 4.39 Å². The lowest BCUT2D eigenvalue weighted by molar-refractivity contribution is 0.615. The van der Waals surface area contributed by atoms with Gasteiger partial charge in [-0.15, -0.1) is 0 Å². The first-order valence-corrected chi connectivity index (χ1v) is 5.78. The van der Waals surface area contributed by atoms with Crippen molar-refractivity contribution in [2.24, 2.45) is 5.73 Å². The number of nitrogens with zero attached hydrogens (tertiary/aromatic N) is 1. The minimum Gasteiger partial charge on any atom is -0.330 e. The van der Waals surface area contributed by atoms with Crippen molar-refractivity contribution >= 4 is 0 Å². The first-order valence-electron chi connectivity index (χ1n) is 5.78. The molecule has 17 heavy (non-hydrogen) atoms. The van der Waals surface area contributed by atoms with Gasteiger partial charge in [0.1, 0.15) is 5.82 Å². The third-order valence-corrected chi connectivity index (χ3v) is 3.04. The Morgan fingerprint density at radius 1 is 1.24 bits per heavy atom. The van der Waals surface area contributed by atoms with Gasteiger partial charge < -0.3 is 10.3 Å². The van der Waals surface area contributed by atoms with E-state index in [4.69, 9.17) is 5.73 Å². The van der Waals surface area contributed by atoms with Gasteiger partial charge in [-0.1, -0.05) is 12.1 Å². The lowest BCUT2D eigenvalue weighted by Crippen LogP contribution is -2.05. The first kappa shape index (κ1) is 11.9. The van der Waals surface area contributed by atoms with Crippen LogP contribution in [0.1, 0.15) is 17.0 Å². The number of aromatic nitrogens is 1. The molecule has 0 bridgehead atoms. The fourth-order valence-electron chi connectivity index (χ4n) is 2.24. The molecule has 2 aromatic rings. The Bertz CT molecular complexity index is 529. The molecular formula is C14H17FN2.